The molecule has 0 aromatic rings. The van der Waals surface area contributed by atoms with Crippen LogP contribution < -0.4 is 0 Å². The fourth-order valence-electron chi connectivity index (χ4n) is 2.24. The minimum Gasteiger partial charge on any atom is -0.396 e. The number of hydrogen-bond donors (Lipinski definition) is 4. The monoisotopic (exact) mass is 276 g/mol. The van der Waals surface area contributed by atoms with Crippen molar-refractivity contribution in [3.05, 3.63) is 0 Å². The van der Waals surface area contributed by atoms with Gasteiger partial charge in [0.05, 0.1) is 31.3 Å². The van der Waals surface area contributed by atoms with Gasteiger partial charge in [-0.05, 0) is 6.42 Å². The summed E-state index contributed by atoms with van der Waals surface area (Å²) >= 11 is 0. The second kappa shape index (κ2) is 11.6. The summed E-state index contributed by atoms with van der Waals surface area (Å²) < 4.78 is 0. The number of hydrogen-bond acceptors (Lipinski definition) is 4. The Labute approximate surface area is 117 Å². The van der Waals surface area contributed by atoms with E-state index < -0.39 is 31.3 Å². The van der Waals surface area contributed by atoms with Gasteiger partial charge < -0.3 is 20.4 Å². The molecule has 0 aliphatic heterocycles. The topological polar surface area (TPSA) is 80.9 Å². The zero-order chi connectivity index (χ0) is 14.6. The fourth-order valence-corrected chi connectivity index (χ4v) is 2.24. The van der Waals surface area contributed by atoms with Crippen LogP contribution in [0.2, 0.25) is 0 Å². The smallest absolute Gasteiger partial charge is 0.0662 e. The van der Waals surface area contributed by atoms with Crippen molar-refractivity contribution < 1.29 is 20.4 Å². The normalized spacial score (nSPS) is 13.7. The first-order chi connectivity index (χ1) is 9.16. The molecule has 4 heteroatoms. The summed E-state index contributed by atoms with van der Waals surface area (Å²) in [4.78, 5) is 0. The van der Waals surface area contributed by atoms with Crippen LogP contribution in [-0.4, -0.2) is 46.4 Å². The van der Waals surface area contributed by atoms with Crippen LogP contribution in [0.15, 0.2) is 0 Å². The van der Waals surface area contributed by atoms with Crippen molar-refractivity contribution in [1.29, 1.82) is 0 Å². The lowest BCUT2D eigenvalue weighted by Gasteiger charge is -2.32. The number of unbranched alkanes of at least 4 members (excludes halogenated alkanes) is 7. The van der Waals surface area contributed by atoms with Crippen molar-refractivity contribution in [3.63, 3.8) is 0 Å². The Morgan fingerprint density at radius 2 is 1.16 bits per heavy atom. The van der Waals surface area contributed by atoms with E-state index in [0.29, 0.717) is 6.42 Å². The van der Waals surface area contributed by atoms with E-state index in [0.717, 1.165) is 12.8 Å². The maximum Gasteiger partial charge on any atom is 0.0662 e. The summed E-state index contributed by atoms with van der Waals surface area (Å²) in [6, 6.07) is 0. The summed E-state index contributed by atoms with van der Waals surface area (Å²) in [5, 5.41) is 37.5. The predicted octanol–water partition coefficient (Wildman–Crippen LogP) is 1.84. The molecule has 4 N–H and O–H groups in total. The van der Waals surface area contributed by atoms with E-state index in [1.165, 1.54) is 38.5 Å². The zero-order valence-electron chi connectivity index (χ0n) is 12.4. The van der Waals surface area contributed by atoms with E-state index in [2.05, 4.69) is 6.92 Å². The highest BCUT2D eigenvalue weighted by atomic mass is 16.3. The van der Waals surface area contributed by atoms with Crippen molar-refractivity contribution in [2.45, 2.75) is 70.8 Å². The van der Waals surface area contributed by atoms with Gasteiger partial charge in [-0.2, -0.15) is 0 Å². The molecule has 0 radical (unpaired) electrons. The molecule has 0 aromatic carbocycles. The first-order valence-corrected chi connectivity index (χ1v) is 7.67. The van der Waals surface area contributed by atoms with Crippen LogP contribution in [0.5, 0.6) is 0 Å². The van der Waals surface area contributed by atoms with E-state index in [4.69, 9.17) is 0 Å². The lowest BCUT2D eigenvalue weighted by Crippen LogP contribution is -2.45. The molecule has 0 spiro atoms. The molecule has 1 atom stereocenters. The van der Waals surface area contributed by atoms with Crippen LogP contribution in [-0.2, 0) is 0 Å². The molecule has 0 heterocycles. The third-order valence-electron chi connectivity index (χ3n) is 3.98. The molecule has 0 saturated heterocycles. The molecule has 0 aromatic heterocycles. The SMILES string of the molecule is CCCCCCCCCCC(O)C(CO)(CO)CO. The highest BCUT2D eigenvalue weighted by molar-refractivity contribution is 4.84. The quantitative estimate of drug-likeness (QED) is 0.387. The molecule has 0 aliphatic carbocycles. The average Bonchev–Trinajstić information content (AvgIpc) is 2.44. The van der Waals surface area contributed by atoms with E-state index in [9.17, 15) is 20.4 Å². The van der Waals surface area contributed by atoms with Gasteiger partial charge in [0.2, 0.25) is 0 Å². The largest absolute Gasteiger partial charge is 0.396 e. The van der Waals surface area contributed by atoms with E-state index in [1.807, 2.05) is 0 Å². The van der Waals surface area contributed by atoms with Crippen molar-refractivity contribution in [3.8, 4) is 0 Å². The predicted molar refractivity (Wildman–Crippen MR) is 76.9 cm³/mol. The molecule has 1 unspecified atom stereocenters. The Bertz CT molecular complexity index is 184. The van der Waals surface area contributed by atoms with Gasteiger partial charge in [-0.3, -0.25) is 0 Å². The summed E-state index contributed by atoms with van der Waals surface area (Å²) in [5.41, 5.74) is -1.15. The maximum absolute atomic E-state index is 9.95. The summed E-state index contributed by atoms with van der Waals surface area (Å²) in [5.74, 6) is 0. The number of aliphatic hydroxyl groups excluding tert-OH is 4. The van der Waals surface area contributed by atoms with E-state index in [1.54, 1.807) is 0 Å². The van der Waals surface area contributed by atoms with Gasteiger partial charge in [0.1, 0.15) is 0 Å². The summed E-state index contributed by atoms with van der Waals surface area (Å²) in [6.45, 7) is 1.03. The Kier molecular flexibility index (Phi) is 11.6. The van der Waals surface area contributed by atoms with E-state index in [-0.39, 0.29) is 0 Å². The van der Waals surface area contributed by atoms with Gasteiger partial charge in [0.15, 0.2) is 0 Å². The molecule has 0 saturated carbocycles. The summed E-state index contributed by atoms with van der Waals surface area (Å²) in [7, 11) is 0. The van der Waals surface area contributed by atoms with Crippen LogP contribution in [0.3, 0.4) is 0 Å². The Hall–Kier alpha value is -0.160. The molecule has 0 aliphatic rings. The minimum atomic E-state index is -1.15. The van der Waals surface area contributed by atoms with Crippen molar-refractivity contribution >= 4 is 0 Å². The Morgan fingerprint density at radius 1 is 0.737 bits per heavy atom. The second-order valence-electron chi connectivity index (χ2n) is 5.62. The summed E-state index contributed by atoms with van der Waals surface area (Å²) in [6.07, 6.45) is 9.18. The Morgan fingerprint density at radius 3 is 1.58 bits per heavy atom. The van der Waals surface area contributed by atoms with Gasteiger partial charge in [0, 0.05) is 0 Å². The van der Waals surface area contributed by atoms with Crippen molar-refractivity contribution in [1.82, 2.24) is 0 Å². The van der Waals surface area contributed by atoms with Crippen molar-refractivity contribution in [2.75, 3.05) is 19.8 Å². The molecular weight excluding hydrogens is 244 g/mol. The molecule has 0 fully saturated rings. The van der Waals surface area contributed by atoms with Crippen LogP contribution >= 0.6 is 0 Å². The highest BCUT2D eigenvalue weighted by Gasteiger charge is 2.35. The zero-order valence-corrected chi connectivity index (χ0v) is 12.4. The Balaban J connectivity index is 3.64. The molecule has 0 rings (SSSR count). The van der Waals surface area contributed by atoms with Crippen molar-refractivity contribution in [2.24, 2.45) is 5.41 Å². The molecule has 116 valence electrons. The maximum atomic E-state index is 9.95. The highest BCUT2D eigenvalue weighted by Crippen LogP contribution is 2.24. The minimum absolute atomic E-state index is 0.391. The third-order valence-corrected chi connectivity index (χ3v) is 3.98. The van der Waals surface area contributed by atoms with Crippen LogP contribution in [0, 0.1) is 5.41 Å². The van der Waals surface area contributed by atoms with Crippen LogP contribution in [0.4, 0.5) is 0 Å². The van der Waals surface area contributed by atoms with Gasteiger partial charge in [-0.1, -0.05) is 58.3 Å². The van der Waals surface area contributed by atoms with Gasteiger partial charge in [-0.25, -0.2) is 0 Å². The molecular formula is C15H32O4. The lowest BCUT2D eigenvalue weighted by atomic mass is 9.82. The van der Waals surface area contributed by atoms with Gasteiger partial charge in [0.25, 0.3) is 0 Å². The van der Waals surface area contributed by atoms with E-state index >= 15 is 0 Å². The molecule has 0 amide bonds. The third kappa shape index (κ3) is 7.25. The van der Waals surface area contributed by atoms with Gasteiger partial charge in [-0.15, -0.1) is 0 Å². The van der Waals surface area contributed by atoms with Crippen LogP contribution in [0.1, 0.15) is 64.7 Å². The van der Waals surface area contributed by atoms with Crippen LogP contribution in [0.25, 0.3) is 0 Å². The fraction of sp³-hybridized carbons (Fsp3) is 1.00. The molecule has 19 heavy (non-hydrogen) atoms. The first kappa shape index (κ1) is 18.8. The number of rotatable bonds is 13. The molecule has 0 bridgehead atoms. The second-order valence-corrected chi connectivity index (χ2v) is 5.62. The average molecular weight is 276 g/mol. The first-order valence-electron chi connectivity index (χ1n) is 7.67. The molecule has 4 nitrogen and oxygen atoms in total. The lowest BCUT2D eigenvalue weighted by molar-refractivity contribution is -0.0863. The number of aliphatic hydroxyl groups is 4. The standard InChI is InChI=1S/C15H32O4/c1-2-3-4-5-6-7-8-9-10-14(19)15(11-16,12-17)13-18/h14,16-19H,2-13H2,1H3. The van der Waals surface area contributed by atoms with Gasteiger partial charge >= 0.3 is 0 Å².